The molecule has 0 aromatic carbocycles. The fraction of sp³-hybridized carbons (Fsp3) is 0.462. The Kier molecular flexibility index (Phi) is 4.18. The van der Waals surface area contributed by atoms with E-state index in [1.165, 1.54) is 32.7 Å². The normalized spacial score (nSPS) is 18.1. The van der Waals surface area contributed by atoms with Gasteiger partial charge in [-0.15, -0.1) is 0 Å². The molecular formula is C13H17N5O4S. The van der Waals surface area contributed by atoms with Gasteiger partial charge in [-0.2, -0.15) is 10.1 Å². The second-order valence-corrected chi connectivity index (χ2v) is 7.01. The molecule has 0 N–H and O–H groups in total. The minimum absolute atomic E-state index is 0.0290. The van der Waals surface area contributed by atoms with Crippen molar-refractivity contribution in [2.45, 2.75) is 17.4 Å². The summed E-state index contributed by atoms with van der Waals surface area (Å²) in [5.74, 6) is 0.317. The maximum Gasteiger partial charge on any atom is 0.269 e. The smallest absolute Gasteiger partial charge is 0.269 e. The predicted octanol–water partition coefficient (Wildman–Crippen LogP) is 0.468. The lowest BCUT2D eigenvalue weighted by Crippen LogP contribution is -2.28. The van der Waals surface area contributed by atoms with Crippen LogP contribution < -0.4 is 9.04 Å². The predicted molar refractivity (Wildman–Crippen MR) is 80.9 cm³/mol. The molecule has 1 fully saturated rings. The SMILES string of the molecule is COc1ccnc(N(C)S(=O)(=O)c2cnn([C@H]3CCOC3)c2)n1. The van der Waals surface area contributed by atoms with Gasteiger partial charge >= 0.3 is 0 Å². The van der Waals surface area contributed by atoms with Crippen LogP contribution in [0.25, 0.3) is 0 Å². The largest absolute Gasteiger partial charge is 0.481 e. The van der Waals surface area contributed by atoms with Gasteiger partial charge in [0.1, 0.15) is 4.90 Å². The first-order chi connectivity index (χ1) is 11.0. The molecule has 1 saturated heterocycles. The van der Waals surface area contributed by atoms with Crippen molar-refractivity contribution < 1.29 is 17.9 Å². The van der Waals surface area contributed by atoms with Crippen LogP contribution in [0.4, 0.5) is 5.95 Å². The van der Waals surface area contributed by atoms with Gasteiger partial charge in [-0.05, 0) is 6.42 Å². The number of methoxy groups -OCH3 is 1. The van der Waals surface area contributed by atoms with E-state index in [9.17, 15) is 8.42 Å². The first-order valence-corrected chi connectivity index (χ1v) is 8.44. The van der Waals surface area contributed by atoms with Crippen molar-refractivity contribution in [2.75, 3.05) is 31.7 Å². The second kappa shape index (κ2) is 6.13. The summed E-state index contributed by atoms with van der Waals surface area (Å²) in [6.45, 7) is 1.19. The van der Waals surface area contributed by atoms with E-state index in [0.29, 0.717) is 13.2 Å². The van der Waals surface area contributed by atoms with E-state index in [1.54, 1.807) is 10.7 Å². The van der Waals surface area contributed by atoms with E-state index < -0.39 is 10.0 Å². The Bertz CT molecular complexity index is 785. The average molecular weight is 339 g/mol. The van der Waals surface area contributed by atoms with Gasteiger partial charge in [0, 0.05) is 32.1 Å². The number of anilines is 1. The molecule has 23 heavy (non-hydrogen) atoms. The molecule has 10 heteroatoms. The van der Waals surface area contributed by atoms with Crippen LogP contribution in [0.15, 0.2) is 29.6 Å². The molecule has 3 rings (SSSR count). The molecule has 0 aliphatic carbocycles. The molecule has 9 nitrogen and oxygen atoms in total. The molecule has 1 aliphatic heterocycles. The highest BCUT2D eigenvalue weighted by atomic mass is 32.2. The van der Waals surface area contributed by atoms with Crippen molar-refractivity contribution in [1.29, 1.82) is 0 Å². The zero-order valence-corrected chi connectivity index (χ0v) is 13.6. The summed E-state index contributed by atoms with van der Waals surface area (Å²) in [6, 6.07) is 1.61. The molecule has 124 valence electrons. The molecular weight excluding hydrogens is 322 g/mol. The summed E-state index contributed by atoms with van der Waals surface area (Å²) in [5, 5.41) is 4.14. The van der Waals surface area contributed by atoms with Crippen molar-refractivity contribution in [2.24, 2.45) is 0 Å². The van der Waals surface area contributed by atoms with Crippen LogP contribution in [0.2, 0.25) is 0 Å². The minimum atomic E-state index is -3.80. The van der Waals surface area contributed by atoms with Gasteiger partial charge in [-0.1, -0.05) is 0 Å². The Hall–Kier alpha value is -2.20. The third-order valence-electron chi connectivity index (χ3n) is 3.62. The van der Waals surface area contributed by atoms with Gasteiger partial charge in [-0.25, -0.2) is 17.7 Å². The lowest BCUT2D eigenvalue weighted by atomic mass is 10.3. The molecule has 2 aromatic heterocycles. The quantitative estimate of drug-likeness (QED) is 0.780. The second-order valence-electron chi connectivity index (χ2n) is 5.04. The molecule has 0 radical (unpaired) electrons. The monoisotopic (exact) mass is 339 g/mol. The highest BCUT2D eigenvalue weighted by Crippen LogP contribution is 2.23. The standard InChI is InChI=1S/C13H17N5O4S/c1-17(13-14-5-3-12(16-13)21-2)23(19,20)11-7-15-18(8-11)10-4-6-22-9-10/h3,5,7-8,10H,4,6,9H2,1-2H3/t10-/m0/s1. The van der Waals surface area contributed by atoms with Gasteiger partial charge in [0.25, 0.3) is 10.0 Å². The summed E-state index contributed by atoms with van der Waals surface area (Å²) in [6.07, 6.45) is 5.08. The van der Waals surface area contributed by atoms with Crippen molar-refractivity contribution in [3.63, 3.8) is 0 Å². The van der Waals surface area contributed by atoms with Gasteiger partial charge in [0.05, 0.1) is 26.0 Å². The summed E-state index contributed by atoms with van der Waals surface area (Å²) in [7, 11) is -0.955. The number of nitrogens with zero attached hydrogens (tertiary/aromatic N) is 5. The number of aromatic nitrogens is 4. The average Bonchev–Trinajstić information content (AvgIpc) is 3.25. The van der Waals surface area contributed by atoms with E-state index in [1.807, 2.05) is 0 Å². The van der Waals surface area contributed by atoms with Crippen LogP contribution in [-0.2, 0) is 14.8 Å². The van der Waals surface area contributed by atoms with Gasteiger partial charge in [0.2, 0.25) is 11.8 Å². The summed E-state index contributed by atoms with van der Waals surface area (Å²) in [5.41, 5.74) is 0. The maximum absolute atomic E-state index is 12.7. The fourth-order valence-electron chi connectivity index (χ4n) is 2.25. The summed E-state index contributed by atoms with van der Waals surface area (Å²) < 4.78 is 38.3. The van der Waals surface area contributed by atoms with Crippen molar-refractivity contribution >= 4 is 16.0 Å². The van der Waals surface area contributed by atoms with E-state index in [-0.39, 0.29) is 22.8 Å². The molecule has 1 atom stereocenters. The number of hydrogen-bond acceptors (Lipinski definition) is 7. The molecule has 0 bridgehead atoms. The first kappa shape index (κ1) is 15.7. The topological polar surface area (TPSA) is 99.4 Å². The summed E-state index contributed by atoms with van der Waals surface area (Å²) in [4.78, 5) is 8.09. The van der Waals surface area contributed by atoms with Gasteiger partial charge < -0.3 is 9.47 Å². The zero-order chi connectivity index (χ0) is 16.4. The summed E-state index contributed by atoms with van der Waals surface area (Å²) >= 11 is 0. The van der Waals surface area contributed by atoms with Crippen molar-refractivity contribution in [1.82, 2.24) is 19.7 Å². The number of hydrogen-bond donors (Lipinski definition) is 0. The molecule has 3 heterocycles. The van der Waals surface area contributed by atoms with Gasteiger partial charge in [-0.3, -0.25) is 4.68 Å². The molecule has 0 amide bonds. The fourth-order valence-corrected chi connectivity index (χ4v) is 3.29. The minimum Gasteiger partial charge on any atom is -0.481 e. The number of rotatable bonds is 5. The number of ether oxygens (including phenoxy) is 2. The Morgan fingerprint density at radius 1 is 1.48 bits per heavy atom. The highest BCUT2D eigenvalue weighted by Gasteiger charge is 2.27. The molecule has 2 aromatic rings. The van der Waals surface area contributed by atoms with E-state index in [4.69, 9.17) is 9.47 Å². The van der Waals surface area contributed by atoms with Crippen LogP contribution in [-0.4, -0.2) is 55.5 Å². The van der Waals surface area contributed by atoms with Crippen LogP contribution in [0.1, 0.15) is 12.5 Å². The molecule has 1 aliphatic rings. The molecule has 0 unspecified atom stereocenters. The Labute approximate surface area is 133 Å². The van der Waals surface area contributed by atoms with E-state index in [2.05, 4.69) is 15.1 Å². The lowest BCUT2D eigenvalue weighted by Gasteiger charge is -2.16. The van der Waals surface area contributed by atoms with E-state index in [0.717, 1.165) is 10.7 Å². The molecule has 0 spiro atoms. The Morgan fingerprint density at radius 2 is 2.30 bits per heavy atom. The van der Waals surface area contributed by atoms with Crippen LogP contribution in [0.3, 0.4) is 0 Å². The first-order valence-electron chi connectivity index (χ1n) is 7.00. The molecule has 0 saturated carbocycles. The van der Waals surface area contributed by atoms with Crippen molar-refractivity contribution in [3.8, 4) is 5.88 Å². The highest BCUT2D eigenvalue weighted by molar-refractivity contribution is 7.92. The van der Waals surface area contributed by atoms with Crippen LogP contribution >= 0.6 is 0 Å². The number of sulfonamides is 1. The Balaban J connectivity index is 1.88. The Morgan fingerprint density at radius 3 is 3.00 bits per heavy atom. The van der Waals surface area contributed by atoms with Crippen LogP contribution in [0, 0.1) is 0 Å². The van der Waals surface area contributed by atoms with Crippen LogP contribution in [0.5, 0.6) is 5.88 Å². The van der Waals surface area contributed by atoms with Crippen molar-refractivity contribution in [3.05, 3.63) is 24.7 Å². The third kappa shape index (κ3) is 2.99. The maximum atomic E-state index is 12.7. The van der Waals surface area contributed by atoms with E-state index >= 15 is 0 Å². The van der Waals surface area contributed by atoms with Gasteiger partial charge in [0.15, 0.2) is 0 Å². The lowest BCUT2D eigenvalue weighted by molar-refractivity contribution is 0.184. The zero-order valence-electron chi connectivity index (χ0n) is 12.8. The third-order valence-corrected chi connectivity index (χ3v) is 5.31.